The number of amidine groups is 1. The zero-order valence-corrected chi connectivity index (χ0v) is 24.6. The van der Waals surface area contributed by atoms with Crippen molar-refractivity contribution in [2.75, 3.05) is 23.7 Å². The standard InChI is InChI=1S/C26H30N4O2.3C2H6/c1-3-11-21(4-2)27-25(28-22-12-7-5-8-13-22)24(31)20-16-18-30(19-17-20)26(32)29-23-14-9-6-10-15-23;3*1-2/h3-15,20H,16-19H2,1-2H3,(H,27,28)(H,29,32);3*1-2H3/b11-3-,21-4+;;;. The number of nitrogens with one attached hydrogen (secondary N) is 2. The average molecular weight is 521 g/mol. The quantitative estimate of drug-likeness (QED) is 0.228. The maximum atomic E-state index is 13.4. The van der Waals surface area contributed by atoms with Crippen LogP contribution in [0.1, 0.15) is 68.2 Å². The molecule has 0 atom stereocenters. The summed E-state index contributed by atoms with van der Waals surface area (Å²) in [6, 6.07) is 18.8. The molecule has 2 aromatic rings. The van der Waals surface area contributed by atoms with Gasteiger partial charge in [-0.1, -0.05) is 90.1 Å². The minimum absolute atomic E-state index is 0.0270. The third kappa shape index (κ3) is 12.0. The molecule has 0 saturated carbocycles. The highest BCUT2D eigenvalue weighted by Crippen LogP contribution is 2.21. The zero-order valence-electron chi connectivity index (χ0n) is 24.6. The number of carbonyl (C=O) groups is 2. The van der Waals surface area contributed by atoms with E-state index in [2.05, 4.69) is 15.6 Å². The van der Waals surface area contributed by atoms with Gasteiger partial charge in [-0.05, 0) is 57.0 Å². The maximum absolute atomic E-state index is 13.4. The van der Waals surface area contributed by atoms with Crippen molar-refractivity contribution in [1.82, 2.24) is 4.90 Å². The van der Waals surface area contributed by atoms with Crippen molar-refractivity contribution in [3.63, 3.8) is 0 Å². The molecule has 1 saturated heterocycles. The number of anilines is 2. The van der Waals surface area contributed by atoms with E-state index in [0.717, 1.165) is 17.1 Å². The van der Waals surface area contributed by atoms with Crippen molar-refractivity contribution in [3.8, 4) is 0 Å². The Hall–Kier alpha value is -3.67. The second kappa shape index (κ2) is 21.4. The van der Waals surface area contributed by atoms with Crippen molar-refractivity contribution in [3.05, 3.63) is 84.6 Å². The Morgan fingerprint density at radius 1 is 0.789 bits per heavy atom. The van der Waals surface area contributed by atoms with E-state index in [9.17, 15) is 9.59 Å². The van der Waals surface area contributed by atoms with Crippen LogP contribution in [-0.2, 0) is 4.79 Å². The topological polar surface area (TPSA) is 73.8 Å². The summed E-state index contributed by atoms with van der Waals surface area (Å²) in [7, 11) is 0. The molecule has 1 heterocycles. The molecule has 0 spiro atoms. The van der Waals surface area contributed by atoms with Gasteiger partial charge in [-0.25, -0.2) is 9.79 Å². The van der Waals surface area contributed by atoms with E-state index in [1.165, 1.54) is 0 Å². The van der Waals surface area contributed by atoms with E-state index in [0.29, 0.717) is 31.8 Å². The summed E-state index contributed by atoms with van der Waals surface area (Å²) in [4.78, 5) is 32.3. The van der Waals surface area contributed by atoms with Gasteiger partial charge in [0, 0.05) is 30.4 Å². The first-order valence-electron chi connectivity index (χ1n) is 14.0. The van der Waals surface area contributed by atoms with Gasteiger partial charge in [-0.15, -0.1) is 0 Å². The molecule has 2 amide bonds. The number of Topliss-reactive ketones (excluding diaryl/α,β-unsaturated/α-hetero) is 1. The van der Waals surface area contributed by atoms with Crippen molar-refractivity contribution in [2.45, 2.75) is 68.2 Å². The summed E-state index contributed by atoms with van der Waals surface area (Å²) < 4.78 is 0. The molecule has 0 bridgehead atoms. The number of aliphatic imine (C=N–C) groups is 1. The molecule has 0 aliphatic carbocycles. The maximum Gasteiger partial charge on any atom is 0.321 e. The van der Waals surface area contributed by atoms with Crippen LogP contribution in [0.2, 0.25) is 0 Å². The Balaban J connectivity index is 0.00000213. The molecule has 6 nitrogen and oxygen atoms in total. The molecule has 2 aromatic carbocycles. The number of para-hydroxylation sites is 2. The van der Waals surface area contributed by atoms with E-state index < -0.39 is 0 Å². The normalized spacial score (nSPS) is 13.6. The average Bonchev–Trinajstić information content (AvgIpc) is 3.00. The van der Waals surface area contributed by atoms with E-state index in [4.69, 9.17) is 0 Å². The van der Waals surface area contributed by atoms with Gasteiger partial charge in [0.1, 0.15) is 0 Å². The first-order valence-corrected chi connectivity index (χ1v) is 14.0. The molecule has 0 radical (unpaired) electrons. The fraction of sp³-hybridized carbons (Fsp3) is 0.406. The van der Waals surface area contributed by atoms with E-state index in [-0.39, 0.29) is 17.7 Å². The van der Waals surface area contributed by atoms with Crippen LogP contribution in [0.25, 0.3) is 0 Å². The van der Waals surface area contributed by atoms with Gasteiger partial charge in [-0.3, -0.25) is 4.79 Å². The van der Waals surface area contributed by atoms with E-state index in [1.54, 1.807) is 4.90 Å². The van der Waals surface area contributed by atoms with Gasteiger partial charge in [0.05, 0.1) is 5.70 Å². The van der Waals surface area contributed by atoms with Gasteiger partial charge in [0.15, 0.2) is 5.84 Å². The van der Waals surface area contributed by atoms with Gasteiger partial charge < -0.3 is 15.5 Å². The van der Waals surface area contributed by atoms with Crippen LogP contribution in [0.5, 0.6) is 0 Å². The first-order chi connectivity index (χ1) is 18.6. The molecule has 38 heavy (non-hydrogen) atoms. The summed E-state index contributed by atoms with van der Waals surface area (Å²) in [6.45, 7) is 16.9. The fourth-order valence-corrected chi connectivity index (χ4v) is 3.56. The van der Waals surface area contributed by atoms with Crippen LogP contribution in [-0.4, -0.2) is 35.6 Å². The number of ketones is 1. The van der Waals surface area contributed by atoms with Crippen molar-refractivity contribution in [1.29, 1.82) is 0 Å². The highest BCUT2D eigenvalue weighted by atomic mass is 16.2. The number of urea groups is 1. The number of nitrogens with zero attached hydrogens (tertiary/aromatic N) is 2. The summed E-state index contributed by atoms with van der Waals surface area (Å²) in [5.41, 5.74) is 2.30. The Labute approximate surface area is 230 Å². The SMILES string of the molecule is C/C=C\C(=C/C)N=C(Nc1ccccc1)C(=O)C1CCN(C(=O)Nc2ccccc2)CC1.CC.CC.CC. The predicted octanol–water partition coefficient (Wildman–Crippen LogP) is 8.57. The van der Waals surface area contributed by atoms with Crippen molar-refractivity contribution in [2.24, 2.45) is 10.9 Å². The number of piperidine rings is 1. The summed E-state index contributed by atoms with van der Waals surface area (Å²) in [5, 5.41) is 6.11. The molecule has 1 aliphatic rings. The van der Waals surface area contributed by atoms with Gasteiger partial charge in [-0.2, -0.15) is 0 Å². The largest absolute Gasteiger partial charge is 0.337 e. The lowest BCUT2D eigenvalue weighted by molar-refractivity contribution is -0.117. The second-order valence-electron chi connectivity index (χ2n) is 7.59. The number of benzene rings is 2. The monoisotopic (exact) mass is 520 g/mol. The molecule has 6 heteroatoms. The Morgan fingerprint density at radius 3 is 1.71 bits per heavy atom. The van der Waals surface area contributed by atoms with Gasteiger partial charge in [0.25, 0.3) is 0 Å². The number of amides is 2. The van der Waals surface area contributed by atoms with Crippen LogP contribution >= 0.6 is 0 Å². The van der Waals surface area contributed by atoms with Gasteiger partial charge >= 0.3 is 6.03 Å². The second-order valence-corrected chi connectivity index (χ2v) is 7.59. The van der Waals surface area contributed by atoms with Crippen LogP contribution in [0.3, 0.4) is 0 Å². The Morgan fingerprint density at radius 2 is 1.26 bits per heavy atom. The smallest absolute Gasteiger partial charge is 0.321 e. The molecule has 1 fully saturated rings. The number of carbonyl (C=O) groups excluding carboxylic acids is 2. The Kier molecular flexibility index (Phi) is 19.3. The van der Waals surface area contributed by atoms with Crippen LogP contribution < -0.4 is 10.6 Å². The number of hydrogen-bond donors (Lipinski definition) is 2. The molecular formula is C32H48N4O2. The molecule has 3 rings (SSSR count). The number of hydrogen-bond acceptors (Lipinski definition) is 3. The fourth-order valence-electron chi connectivity index (χ4n) is 3.56. The molecular weight excluding hydrogens is 472 g/mol. The molecule has 208 valence electrons. The lowest BCUT2D eigenvalue weighted by atomic mass is 9.91. The lowest BCUT2D eigenvalue weighted by Crippen LogP contribution is -2.44. The van der Waals surface area contributed by atoms with Crippen molar-refractivity contribution < 1.29 is 9.59 Å². The predicted molar refractivity (Wildman–Crippen MR) is 165 cm³/mol. The molecule has 2 N–H and O–H groups in total. The Bertz CT molecular complexity index is 991. The third-order valence-electron chi connectivity index (χ3n) is 5.32. The van der Waals surface area contributed by atoms with E-state index in [1.807, 2.05) is 134 Å². The summed E-state index contributed by atoms with van der Waals surface area (Å²) in [5.74, 6) is 0.116. The van der Waals surface area contributed by atoms with Crippen LogP contribution in [0, 0.1) is 5.92 Å². The lowest BCUT2D eigenvalue weighted by Gasteiger charge is -2.31. The minimum atomic E-state index is -0.186. The zero-order chi connectivity index (χ0) is 28.8. The third-order valence-corrected chi connectivity index (χ3v) is 5.32. The highest BCUT2D eigenvalue weighted by Gasteiger charge is 2.30. The van der Waals surface area contributed by atoms with E-state index >= 15 is 0 Å². The molecule has 0 unspecified atom stereocenters. The summed E-state index contributed by atoms with van der Waals surface area (Å²) in [6.07, 6.45) is 6.84. The van der Waals surface area contributed by atoms with Crippen molar-refractivity contribution >= 4 is 29.0 Å². The molecule has 0 aromatic heterocycles. The number of likely N-dealkylation sites (tertiary alicyclic amines) is 1. The minimum Gasteiger partial charge on any atom is -0.337 e. The van der Waals surface area contributed by atoms with Crippen LogP contribution in [0.15, 0.2) is 89.6 Å². The highest BCUT2D eigenvalue weighted by molar-refractivity contribution is 6.44. The number of allylic oxidation sites excluding steroid dienone is 3. The van der Waals surface area contributed by atoms with Gasteiger partial charge in [0.2, 0.25) is 5.78 Å². The number of rotatable bonds is 6. The molecule has 1 aliphatic heterocycles. The first kappa shape index (κ1) is 34.3. The summed E-state index contributed by atoms with van der Waals surface area (Å²) >= 11 is 0. The van der Waals surface area contributed by atoms with Crippen LogP contribution in [0.4, 0.5) is 16.2 Å².